The van der Waals surface area contributed by atoms with Crippen LogP contribution >= 0.6 is 11.8 Å². The molecule has 0 aliphatic heterocycles. The van der Waals surface area contributed by atoms with E-state index >= 15 is 0 Å². The number of nitrogens with zero attached hydrogens (tertiary/aromatic N) is 4. The lowest BCUT2D eigenvalue weighted by Gasteiger charge is -2.12. The van der Waals surface area contributed by atoms with Crippen LogP contribution in [0.5, 0.6) is 5.75 Å². The molecule has 0 saturated carbocycles. The smallest absolute Gasteiger partial charge is 0.344 e. The number of hydrogen-bond acceptors (Lipinski definition) is 7. The van der Waals surface area contributed by atoms with Crippen molar-refractivity contribution in [2.45, 2.75) is 37.0 Å². The van der Waals surface area contributed by atoms with E-state index in [2.05, 4.69) is 25.5 Å². The Bertz CT molecular complexity index is 666. The van der Waals surface area contributed by atoms with Crippen LogP contribution in [0.4, 0.5) is 5.82 Å². The zero-order valence-electron chi connectivity index (χ0n) is 12.4. The Labute approximate surface area is 126 Å². The average Bonchev–Trinajstić information content (AvgIpc) is 2.80. The molecule has 0 spiro atoms. The lowest BCUT2D eigenvalue weighted by molar-refractivity contribution is 0.400. The van der Waals surface area contributed by atoms with Crippen LogP contribution in [0.25, 0.3) is 0 Å². The number of nitrogens with one attached hydrogen (secondary N) is 2. The maximum Gasteiger partial charge on any atom is 0.344 e. The topological polar surface area (TPSA) is 97.7 Å². The third-order valence-electron chi connectivity index (χ3n) is 2.70. The third kappa shape index (κ3) is 3.18. The molecule has 0 atom stereocenters. The van der Waals surface area contributed by atoms with Crippen molar-refractivity contribution >= 4 is 17.6 Å². The monoisotopic (exact) mass is 310 g/mol. The van der Waals surface area contributed by atoms with Gasteiger partial charge in [0.1, 0.15) is 6.33 Å². The van der Waals surface area contributed by atoms with Crippen molar-refractivity contribution in [1.82, 2.24) is 24.7 Å². The second-order valence-corrected chi connectivity index (χ2v) is 5.42. The average molecular weight is 310 g/mol. The molecule has 2 rings (SSSR count). The number of aromatic nitrogens is 5. The first kappa shape index (κ1) is 15.4. The third-order valence-corrected chi connectivity index (χ3v) is 3.65. The number of methoxy groups -OCH3 is 1. The molecule has 0 aliphatic carbocycles. The molecule has 0 aromatic carbocycles. The number of hydrogen-bond donors (Lipinski definition) is 2. The van der Waals surface area contributed by atoms with Crippen molar-refractivity contribution < 1.29 is 4.74 Å². The van der Waals surface area contributed by atoms with Gasteiger partial charge in [0.2, 0.25) is 0 Å². The van der Waals surface area contributed by atoms with E-state index in [0.717, 1.165) is 6.54 Å². The molecule has 9 heteroatoms. The summed E-state index contributed by atoms with van der Waals surface area (Å²) in [6, 6.07) is -0.000167. The van der Waals surface area contributed by atoms with Crippen LogP contribution in [0.1, 0.15) is 26.8 Å². The van der Waals surface area contributed by atoms with Gasteiger partial charge in [-0.3, -0.25) is 4.57 Å². The molecule has 2 heterocycles. The van der Waals surface area contributed by atoms with E-state index in [0.29, 0.717) is 21.7 Å². The van der Waals surface area contributed by atoms with E-state index in [9.17, 15) is 4.79 Å². The van der Waals surface area contributed by atoms with Gasteiger partial charge < -0.3 is 10.1 Å². The standard InChI is InChI=1S/C12H18N6O2S/c1-5-13-9-8(20-4)10(15-6-14-9)21-12-17-16-11(19)18(12)7(2)3/h6-7H,5H2,1-4H3,(H,16,19)(H,13,14,15). The molecule has 2 N–H and O–H groups in total. The summed E-state index contributed by atoms with van der Waals surface area (Å²) in [6.45, 7) is 6.53. The Morgan fingerprint density at radius 1 is 1.48 bits per heavy atom. The molecule has 2 aromatic heterocycles. The van der Waals surface area contributed by atoms with E-state index < -0.39 is 0 Å². The molecule has 0 radical (unpaired) electrons. The summed E-state index contributed by atoms with van der Waals surface area (Å²) in [6.07, 6.45) is 1.45. The van der Waals surface area contributed by atoms with E-state index in [1.807, 2.05) is 20.8 Å². The fraction of sp³-hybridized carbons (Fsp3) is 0.500. The van der Waals surface area contributed by atoms with E-state index in [1.165, 1.54) is 18.1 Å². The van der Waals surface area contributed by atoms with Gasteiger partial charge in [-0.1, -0.05) is 0 Å². The van der Waals surface area contributed by atoms with Gasteiger partial charge in [-0.05, 0) is 32.5 Å². The summed E-state index contributed by atoms with van der Waals surface area (Å²) >= 11 is 1.26. The van der Waals surface area contributed by atoms with Crippen LogP contribution in [0, 0.1) is 0 Å². The molecule has 0 saturated heterocycles. The van der Waals surface area contributed by atoms with Gasteiger partial charge in [-0.25, -0.2) is 19.9 Å². The van der Waals surface area contributed by atoms with Crippen molar-refractivity contribution in [3.8, 4) is 5.75 Å². The van der Waals surface area contributed by atoms with E-state index in [1.54, 1.807) is 11.7 Å². The second kappa shape index (κ2) is 6.61. The molecule has 2 aromatic rings. The SMILES string of the molecule is CCNc1ncnc(Sc2n[nH]c(=O)n2C(C)C)c1OC. The van der Waals surface area contributed by atoms with Crippen molar-refractivity contribution in [1.29, 1.82) is 0 Å². The molecule has 0 amide bonds. The quantitative estimate of drug-likeness (QED) is 0.781. The summed E-state index contributed by atoms with van der Waals surface area (Å²) in [7, 11) is 1.56. The first-order valence-electron chi connectivity index (χ1n) is 6.56. The Morgan fingerprint density at radius 2 is 2.24 bits per heavy atom. The van der Waals surface area contributed by atoms with Gasteiger partial charge in [0.05, 0.1) is 7.11 Å². The zero-order chi connectivity index (χ0) is 15.4. The van der Waals surface area contributed by atoms with Crippen molar-refractivity contribution in [3.63, 3.8) is 0 Å². The Hall–Kier alpha value is -2.03. The molecule has 8 nitrogen and oxygen atoms in total. The fourth-order valence-corrected chi connectivity index (χ4v) is 2.84. The van der Waals surface area contributed by atoms with Gasteiger partial charge in [0, 0.05) is 12.6 Å². The molecular formula is C12H18N6O2S. The normalized spacial score (nSPS) is 10.9. The maximum atomic E-state index is 11.8. The second-order valence-electron chi connectivity index (χ2n) is 4.47. The number of anilines is 1. The van der Waals surface area contributed by atoms with Gasteiger partial charge in [-0.15, -0.1) is 5.10 Å². The highest BCUT2D eigenvalue weighted by Crippen LogP contribution is 2.35. The predicted octanol–water partition coefficient (Wildman–Crippen LogP) is 1.53. The zero-order valence-corrected chi connectivity index (χ0v) is 13.2. The Balaban J connectivity index is 2.40. The van der Waals surface area contributed by atoms with Gasteiger partial charge >= 0.3 is 5.69 Å². The van der Waals surface area contributed by atoms with Crippen LogP contribution in [-0.4, -0.2) is 38.4 Å². The molecule has 0 unspecified atom stereocenters. The lowest BCUT2D eigenvalue weighted by atomic mass is 10.4. The molecule has 0 bridgehead atoms. The van der Waals surface area contributed by atoms with E-state index in [4.69, 9.17) is 4.74 Å². The number of aromatic amines is 1. The lowest BCUT2D eigenvalue weighted by Crippen LogP contribution is -2.19. The summed E-state index contributed by atoms with van der Waals surface area (Å²) < 4.78 is 6.94. The van der Waals surface area contributed by atoms with Crippen LogP contribution < -0.4 is 15.7 Å². The number of rotatable bonds is 6. The van der Waals surface area contributed by atoms with Gasteiger partial charge in [0.15, 0.2) is 21.7 Å². The molecule has 114 valence electrons. The van der Waals surface area contributed by atoms with Crippen LogP contribution in [0.3, 0.4) is 0 Å². The number of H-pyrrole nitrogens is 1. The molecule has 21 heavy (non-hydrogen) atoms. The molecule has 0 aliphatic rings. The Morgan fingerprint density at radius 3 is 2.86 bits per heavy atom. The minimum Gasteiger partial charge on any atom is -0.490 e. The van der Waals surface area contributed by atoms with Gasteiger partial charge in [-0.2, -0.15) is 0 Å². The molecule has 0 fully saturated rings. The minimum absolute atomic E-state index is 0.000167. The van der Waals surface area contributed by atoms with Crippen molar-refractivity contribution in [2.75, 3.05) is 19.0 Å². The highest BCUT2D eigenvalue weighted by atomic mass is 32.2. The largest absolute Gasteiger partial charge is 0.490 e. The number of ether oxygens (including phenoxy) is 1. The summed E-state index contributed by atoms with van der Waals surface area (Å²) in [4.78, 5) is 20.1. The summed E-state index contributed by atoms with van der Waals surface area (Å²) in [5.41, 5.74) is -0.243. The summed E-state index contributed by atoms with van der Waals surface area (Å²) in [5, 5.41) is 10.7. The first-order valence-corrected chi connectivity index (χ1v) is 7.37. The van der Waals surface area contributed by atoms with Crippen LogP contribution in [0.15, 0.2) is 21.3 Å². The summed E-state index contributed by atoms with van der Waals surface area (Å²) in [5.74, 6) is 1.15. The van der Waals surface area contributed by atoms with E-state index in [-0.39, 0.29) is 11.7 Å². The fourth-order valence-electron chi connectivity index (χ4n) is 1.81. The Kier molecular flexibility index (Phi) is 4.84. The van der Waals surface area contributed by atoms with Crippen molar-refractivity contribution in [3.05, 3.63) is 16.8 Å². The predicted molar refractivity (Wildman–Crippen MR) is 80.1 cm³/mol. The van der Waals surface area contributed by atoms with Crippen LogP contribution in [0.2, 0.25) is 0 Å². The maximum absolute atomic E-state index is 11.8. The molecular weight excluding hydrogens is 292 g/mol. The highest BCUT2D eigenvalue weighted by Gasteiger charge is 2.18. The first-order chi connectivity index (χ1) is 10.1. The van der Waals surface area contributed by atoms with Crippen LogP contribution in [-0.2, 0) is 0 Å². The van der Waals surface area contributed by atoms with Gasteiger partial charge in [0.25, 0.3) is 0 Å². The minimum atomic E-state index is -0.243. The highest BCUT2D eigenvalue weighted by molar-refractivity contribution is 7.99. The van der Waals surface area contributed by atoms with Crippen molar-refractivity contribution in [2.24, 2.45) is 0 Å².